The second kappa shape index (κ2) is 8.64. The van der Waals surface area contributed by atoms with Crippen molar-refractivity contribution in [2.24, 2.45) is 0 Å². The molecule has 3 amide bonds. The number of carbonyl (C=O) groups is 3. The average molecular weight is 440 g/mol. The van der Waals surface area contributed by atoms with Gasteiger partial charge in [0.2, 0.25) is 5.91 Å². The first-order chi connectivity index (χ1) is 15.4. The van der Waals surface area contributed by atoms with Crippen molar-refractivity contribution in [3.8, 4) is 5.75 Å². The maximum absolute atomic E-state index is 13.5. The molecule has 1 fully saturated rings. The van der Waals surface area contributed by atoms with Gasteiger partial charge in [0.1, 0.15) is 17.0 Å². The van der Waals surface area contributed by atoms with E-state index in [1.54, 1.807) is 23.5 Å². The van der Waals surface area contributed by atoms with Crippen LogP contribution in [-0.2, 0) is 17.9 Å². The lowest BCUT2D eigenvalue weighted by molar-refractivity contribution is -0.133. The largest absolute Gasteiger partial charge is 0.496 e. The summed E-state index contributed by atoms with van der Waals surface area (Å²) in [6, 6.07) is 7.47. The number of nitrogens with zero attached hydrogens (tertiary/aromatic N) is 3. The van der Waals surface area contributed by atoms with Gasteiger partial charge in [0.05, 0.1) is 20.0 Å². The standard InChI is InChI=1S/C23H29N5O4/c1-4-11-24-20(29)18-19-21(30)28(16-9-10-16)23(2,13-27(19)14-26-18)22(31)25-12-15-7-5-6-8-17(15)32-3/h5-8,14,16H,4,9-13H2,1-3H3,(H,24,29)(H,25,31). The van der Waals surface area contributed by atoms with E-state index in [2.05, 4.69) is 15.6 Å². The summed E-state index contributed by atoms with van der Waals surface area (Å²) in [6.07, 6.45) is 3.94. The van der Waals surface area contributed by atoms with E-state index in [0.717, 1.165) is 24.8 Å². The lowest BCUT2D eigenvalue weighted by atomic mass is 9.93. The molecule has 1 saturated carbocycles. The Bertz CT molecular complexity index is 1040. The molecule has 0 saturated heterocycles. The number of hydrogen-bond acceptors (Lipinski definition) is 5. The Morgan fingerprint density at radius 1 is 1.25 bits per heavy atom. The first-order valence-electron chi connectivity index (χ1n) is 11.0. The summed E-state index contributed by atoms with van der Waals surface area (Å²) in [5, 5.41) is 5.76. The summed E-state index contributed by atoms with van der Waals surface area (Å²) in [4.78, 5) is 45.4. The van der Waals surface area contributed by atoms with Crippen molar-refractivity contribution in [3.05, 3.63) is 47.5 Å². The molecule has 1 unspecified atom stereocenters. The molecule has 1 aromatic heterocycles. The Hall–Kier alpha value is -3.36. The third kappa shape index (κ3) is 3.83. The molecule has 2 aromatic rings. The van der Waals surface area contributed by atoms with E-state index in [1.807, 2.05) is 31.2 Å². The van der Waals surface area contributed by atoms with Crippen LogP contribution in [0.15, 0.2) is 30.6 Å². The van der Waals surface area contributed by atoms with E-state index in [9.17, 15) is 14.4 Å². The second-order valence-corrected chi connectivity index (χ2v) is 8.50. The molecule has 0 radical (unpaired) electrons. The highest BCUT2D eigenvalue weighted by atomic mass is 16.5. The zero-order valence-corrected chi connectivity index (χ0v) is 18.7. The van der Waals surface area contributed by atoms with Gasteiger partial charge in [-0.25, -0.2) is 4.98 Å². The van der Waals surface area contributed by atoms with Crippen molar-refractivity contribution in [2.75, 3.05) is 13.7 Å². The number of carbonyl (C=O) groups excluding carboxylic acids is 3. The van der Waals surface area contributed by atoms with Gasteiger partial charge in [-0.1, -0.05) is 25.1 Å². The number of amides is 3. The summed E-state index contributed by atoms with van der Waals surface area (Å²) < 4.78 is 7.00. The van der Waals surface area contributed by atoms with Crippen LogP contribution in [0.2, 0.25) is 0 Å². The predicted molar refractivity (Wildman–Crippen MR) is 117 cm³/mol. The topological polar surface area (TPSA) is 106 Å². The molecule has 1 aliphatic carbocycles. The van der Waals surface area contributed by atoms with E-state index in [0.29, 0.717) is 12.3 Å². The molecule has 9 nitrogen and oxygen atoms in total. The molecule has 32 heavy (non-hydrogen) atoms. The molecule has 1 atom stereocenters. The number of nitrogens with one attached hydrogen (secondary N) is 2. The van der Waals surface area contributed by atoms with Gasteiger partial charge in [0.15, 0.2) is 5.69 Å². The molecule has 170 valence electrons. The maximum atomic E-state index is 13.5. The Labute approximate surface area is 187 Å². The average Bonchev–Trinajstić information content (AvgIpc) is 3.53. The first kappa shape index (κ1) is 21.9. The molecular weight excluding hydrogens is 410 g/mol. The van der Waals surface area contributed by atoms with Gasteiger partial charge in [-0.2, -0.15) is 0 Å². The summed E-state index contributed by atoms with van der Waals surface area (Å²) >= 11 is 0. The van der Waals surface area contributed by atoms with E-state index >= 15 is 0 Å². The van der Waals surface area contributed by atoms with Crippen LogP contribution in [0.4, 0.5) is 0 Å². The Morgan fingerprint density at radius 3 is 2.69 bits per heavy atom. The fourth-order valence-electron chi connectivity index (χ4n) is 4.26. The third-order valence-corrected chi connectivity index (χ3v) is 6.05. The monoisotopic (exact) mass is 439 g/mol. The quantitative estimate of drug-likeness (QED) is 0.652. The fraction of sp³-hybridized carbons (Fsp3) is 0.478. The van der Waals surface area contributed by atoms with Crippen LogP contribution in [0.3, 0.4) is 0 Å². The smallest absolute Gasteiger partial charge is 0.274 e. The molecular formula is C23H29N5O4. The van der Waals surface area contributed by atoms with Gasteiger partial charge in [-0.3, -0.25) is 14.4 Å². The number of aromatic nitrogens is 2. The van der Waals surface area contributed by atoms with Crippen molar-refractivity contribution in [1.82, 2.24) is 25.1 Å². The van der Waals surface area contributed by atoms with Crippen molar-refractivity contribution in [1.29, 1.82) is 0 Å². The van der Waals surface area contributed by atoms with Gasteiger partial charge in [0.25, 0.3) is 11.8 Å². The van der Waals surface area contributed by atoms with E-state index in [1.165, 1.54) is 6.33 Å². The number of hydrogen-bond donors (Lipinski definition) is 2. The Balaban J connectivity index is 1.60. The van der Waals surface area contributed by atoms with E-state index in [4.69, 9.17) is 4.74 Å². The summed E-state index contributed by atoms with van der Waals surface area (Å²) in [6.45, 7) is 4.76. The lowest BCUT2D eigenvalue weighted by Crippen LogP contribution is -2.64. The highest BCUT2D eigenvalue weighted by molar-refractivity contribution is 6.07. The molecule has 9 heteroatoms. The van der Waals surface area contributed by atoms with Crippen molar-refractivity contribution in [2.45, 2.75) is 57.8 Å². The first-order valence-corrected chi connectivity index (χ1v) is 11.0. The molecule has 2 heterocycles. The Morgan fingerprint density at radius 2 is 2.00 bits per heavy atom. The minimum atomic E-state index is -1.09. The molecule has 0 spiro atoms. The molecule has 1 aliphatic heterocycles. The lowest BCUT2D eigenvalue weighted by Gasteiger charge is -2.44. The number of imidazole rings is 1. The van der Waals surface area contributed by atoms with Crippen LogP contribution in [0.5, 0.6) is 5.75 Å². The van der Waals surface area contributed by atoms with Gasteiger partial charge in [-0.05, 0) is 32.3 Å². The number of para-hydroxylation sites is 1. The fourth-order valence-corrected chi connectivity index (χ4v) is 4.26. The Kier molecular flexibility index (Phi) is 5.90. The van der Waals surface area contributed by atoms with Crippen LogP contribution < -0.4 is 15.4 Å². The highest BCUT2D eigenvalue weighted by Crippen LogP contribution is 2.39. The number of methoxy groups -OCH3 is 1. The highest BCUT2D eigenvalue weighted by Gasteiger charge is 2.53. The van der Waals surface area contributed by atoms with Crippen molar-refractivity contribution >= 4 is 17.7 Å². The SMILES string of the molecule is CCCNC(=O)c1ncn2c1C(=O)N(C1CC1)C(C)(C(=O)NCc1ccccc1OC)C2. The normalized spacial score (nSPS) is 20.0. The zero-order chi connectivity index (χ0) is 22.9. The number of rotatable bonds is 8. The minimum absolute atomic E-state index is 0.0142. The minimum Gasteiger partial charge on any atom is -0.496 e. The second-order valence-electron chi connectivity index (χ2n) is 8.50. The molecule has 2 aliphatic rings. The number of ether oxygens (including phenoxy) is 1. The maximum Gasteiger partial charge on any atom is 0.274 e. The van der Waals surface area contributed by atoms with Crippen LogP contribution in [0.1, 0.15) is 59.7 Å². The van der Waals surface area contributed by atoms with Gasteiger partial charge in [-0.15, -0.1) is 0 Å². The molecule has 4 rings (SSSR count). The molecule has 2 N–H and O–H groups in total. The van der Waals surface area contributed by atoms with E-state index < -0.39 is 5.54 Å². The molecule has 0 bridgehead atoms. The number of fused-ring (bicyclic) bond motifs is 1. The van der Waals surface area contributed by atoms with E-state index in [-0.39, 0.29) is 48.2 Å². The van der Waals surface area contributed by atoms with Crippen LogP contribution in [0, 0.1) is 0 Å². The van der Waals surface area contributed by atoms with Gasteiger partial charge >= 0.3 is 0 Å². The zero-order valence-electron chi connectivity index (χ0n) is 18.7. The van der Waals surface area contributed by atoms with Gasteiger partial charge < -0.3 is 24.8 Å². The van der Waals surface area contributed by atoms with Gasteiger partial charge in [0, 0.05) is 24.7 Å². The third-order valence-electron chi connectivity index (χ3n) is 6.05. The predicted octanol–water partition coefficient (Wildman–Crippen LogP) is 1.72. The summed E-state index contributed by atoms with van der Waals surface area (Å²) in [5.74, 6) is -0.252. The summed E-state index contributed by atoms with van der Waals surface area (Å²) in [5.41, 5.74) is 0.127. The van der Waals surface area contributed by atoms with Crippen LogP contribution >= 0.6 is 0 Å². The molecule has 1 aromatic carbocycles. The van der Waals surface area contributed by atoms with Crippen molar-refractivity contribution < 1.29 is 19.1 Å². The van der Waals surface area contributed by atoms with Crippen LogP contribution in [-0.4, -0.2) is 57.4 Å². The van der Waals surface area contributed by atoms with Crippen LogP contribution in [0.25, 0.3) is 0 Å². The number of benzene rings is 1. The summed E-state index contributed by atoms with van der Waals surface area (Å²) in [7, 11) is 1.59. The van der Waals surface area contributed by atoms with Crippen molar-refractivity contribution in [3.63, 3.8) is 0 Å².